The van der Waals surface area contributed by atoms with Crippen molar-refractivity contribution in [1.82, 2.24) is 5.32 Å². The molecule has 5 nitrogen and oxygen atoms in total. The van der Waals surface area contributed by atoms with Crippen molar-refractivity contribution in [2.24, 2.45) is 0 Å². The third kappa shape index (κ3) is 5.25. The second kappa shape index (κ2) is 9.09. The highest BCUT2D eigenvalue weighted by Gasteiger charge is 2.16. The first-order valence-corrected chi connectivity index (χ1v) is 8.38. The van der Waals surface area contributed by atoms with E-state index in [1.165, 1.54) is 30.3 Å². The van der Waals surface area contributed by atoms with E-state index in [0.717, 1.165) is 11.6 Å². The van der Waals surface area contributed by atoms with Gasteiger partial charge in [-0.1, -0.05) is 46.9 Å². The minimum Gasteiger partial charge on any atom is -0.441 e. The smallest absolute Gasteiger partial charge is 0.326 e. The lowest BCUT2D eigenvalue weighted by Crippen LogP contribution is -2.34. The molecule has 0 bridgehead atoms. The first kappa shape index (κ1) is 20.3. The average Bonchev–Trinajstić information content (AvgIpc) is 2.58. The van der Waals surface area contributed by atoms with Crippen LogP contribution in [0.4, 0.5) is 14.9 Å². The van der Waals surface area contributed by atoms with E-state index in [9.17, 15) is 14.0 Å². The Bertz CT molecular complexity index is 867. The number of hydrogen-bond donors (Lipinski definition) is 2. The van der Waals surface area contributed by atoms with Gasteiger partial charge < -0.3 is 10.1 Å². The minimum absolute atomic E-state index is 0.0311. The zero-order valence-corrected chi connectivity index (χ0v) is 15.7. The fraction of sp³-hybridized carbons (Fsp3) is 0. The van der Waals surface area contributed by atoms with E-state index in [1.54, 1.807) is 0 Å². The first-order valence-electron chi connectivity index (χ1n) is 6.81. The number of anilines is 1. The predicted octanol–water partition coefficient (Wildman–Crippen LogP) is 5.75. The van der Waals surface area contributed by atoms with Gasteiger partial charge in [0.2, 0.25) is 5.22 Å². The monoisotopic (exact) mass is 436 g/mol. The van der Waals surface area contributed by atoms with Gasteiger partial charge in [0, 0.05) is 5.69 Å². The average molecular weight is 438 g/mol. The maximum Gasteiger partial charge on any atom is 0.326 e. The molecule has 0 radical (unpaired) electrons. The molecule has 0 fully saturated rings. The SMILES string of the molecule is O=C(NC(=O)c1ccccc1F)Nc1cc(Cl)c(OC(Cl)=CCl)c(Cl)c1. The second-order valence-electron chi connectivity index (χ2n) is 4.67. The summed E-state index contributed by atoms with van der Waals surface area (Å²) in [6.07, 6.45) is 0. The van der Waals surface area contributed by atoms with E-state index in [4.69, 9.17) is 51.1 Å². The number of benzene rings is 2. The predicted molar refractivity (Wildman–Crippen MR) is 99.8 cm³/mol. The summed E-state index contributed by atoms with van der Waals surface area (Å²) in [5, 5.41) is 4.24. The van der Waals surface area contributed by atoms with E-state index < -0.39 is 17.8 Å². The van der Waals surface area contributed by atoms with Crippen molar-refractivity contribution in [3.63, 3.8) is 0 Å². The Kier molecular flexibility index (Phi) is 7.11. The standard InChI is InChI=1S/C16H9Cl4FN2O3/c17-7-13(20)26-14-10(18)5-8(6-11(14)19)22-16(25)23-15(24)9-3-1-2-4-12(9)21/h1-7H,(H2,22,23,24,25). The summed E-state index contributed by atoms with van der Waals surface area (Å²) in [4.78, 5) is 23.8. The Balaban J connectivity index is 2.10. The van der Waals surface area contributed by atoms with Crippen LogP contribution in [0, 0.1) is 5.82 Å². The fourth-order valence-corrected chi connectivity index (χ4v) is 2.51. The normalized spacial score (nSPS) is 11.0. The lowest BCUT2D eigenvalue weighted by Gasteiger charge is -2.12. The minimum atomic E-state index is -0.906. The second-order valence-corrected chi connectivity index (χ2v) is 6.08. The zero-order valence-electron chi connectivity index (χ0n) is 12.7. The number of hydrogen-bond acceptors (Lipinski definition) is 3. The third-order valence-electron chi connectivity index (χ3n) is 2.89. The van der Waals surface area contributed by atoms with Crippen LogP contribution < -0.4 is 15.4 Å². The molecule has 0 aromatic heterocycles. The van der Waals surface area contributed by atoms with Crippen LogP contribution in [0.25, 0.3) is 0 Å². The van der Waals surface area contributed by atoms with Gasteiger partial charge in [0.25, 0.3) is 5.91 Å². The number of urea groups is 1. The molecule has 0 atom stereocenters. The van der Waals surface area contributed by atoms with Gasteiger partial charge in [-0.25, -0.2) is 9.18 Å². The van der Waals surface area contributed by atoms with E-state index in [0.29, 0.717) is 0 Å². The van der Waals surface area contributed by atoms with Crippen molar-refractivity contribution in [3.8, 4) is 5.75 Å². The Morgan fingerprint density at radius 1 is 1.12 bits per heavy atom. The molecule has 26 heavy (non-hydrogen) atoms. The van der Waals surface area contributed by atoms with Gasteiger partial charge in [-0.15, -0.1) is 0 Å². The molecule has 0 saturated carbocycles. The molecule has 3 amide bonds. The van der Waals surface area contributed by atoms with Gasteiger partial charge in [-0.2, -0.15) is 0 Å². The van der Waals surface area contributed by atoms with E-state index >= 15 is 0 Å². The molecule has 0 aliphatic carbocycles. The highest BCUT2D eigenvalue weighted by molar-refractivity contribution is 6.38. The molecular formula is C16H9Cl4FN2O3. The first-order chi connectivity index (χ1) is 12.3. The zero-order chi connectivity index (χ0) is 19.3. The fourth-order valence-electron chi connectivity index (χ4n) is 1.83. The Labute approximate surface area is 167 Å². The number of carbonyl (C=O) groups excluding carboxylic acids is 2. The third-order valence-corrected chi connectivity index (χ3v) is 3.94. The summed E-state index contributed by atoms with van der Waals surface area (Å²) < 4.78 is 18.7. The summed E-state index contributed by atoms with van der Waals surface area (Å²) >= 11 is 23.1. The summed E-state index contributed by atoms with van der Waals surface area (Å²) in [5.74, 6) is -1.63. The van der Waals surface area contributed by atoms with Crippen LogP contribution in [0.2, 0.25) is 10.0 Å². The molecule has 0 spiro atoms. The summed E-state index contributed by atoms with van der Waals surface area (Å²) in [7, 11) is 0. The molecule has 2 aromatic rings. The van der Waals surface area contributed by atoms with Gasteiger partial charge in [0.1, 0.15) is 5.82 Å². The van der Waals surface area contributed by atoms with Gasteiger partial charge in [0.15, 0.2) is 5.75 Å². The van der Waals surface area contributed by atoms with Crippen LogP contribution in [-0.2, 0) is 0 Å². The van der Waals surface area contributed by atoms with Crippen molar-refractivity contribution in [2.75, 3.05) is 5.32 Å². The summed E-state index contributed by atoms with van der Waals surface area (Å²) in [6.45, 7) is 0. The molecule has 0 aliphatic heterocycles. The molecule has 0 heterocycles. The van der Waals surface area contributed by atoms with E-state index in [1.807, 2.05) is 5.32 Å². The molecule has 136 valence electrons. The number of halogens is 5. The molecule has 0 aliphatic rings. The van der Waals surface area contributed by atoms with Crippen LogP contribution in [-0.4, -0.2) is 11.9 Å². The summed E-state index contributed by atoms with van der Waals surface area (Å²) in [5.41, 5.74) is 0.865. The van der Waals surface area contributed by atoms with Crippen molar-refractivity contribution in [3.05, 3.63) is 68.6 Å². The number of nitrogens with one attached hydrogen (secondary N) is 2. The van der Waals surface area contributed by atoms with Crippen molar-refractivity contribution < 1.29 is 18.7 Å². The van der Waals surface area contributed by atoms with Crippen molar-refractivity contribution in [1.29, 1.82) is 0 Å². The number of ether oxygens (including phenoxy) is 1. The molecule has 10 heteroatoms. The van der Waals surface area contributed by atoms with Crippen LogP contribution in [0.5, 0.6) is 5.75 Å². The van der Waals surface area contributed by atoms with Crippen molar-refractivity contribution in [2.45, 2.75) is 0 Å². The lowest BCUT2D eigenvalue weighted by molar-refractivity contribution is 0.0963. The van der Waals surface area contributed by atoms with E-state index in [2.05, 4.69) is 5.32 Å². The van der Waals surface area contributed by atoms with E-state index in [-0.39, 0.29) is 32.3 Å². The Morgan fingerprint density at radius 3 is 2.31 bits per heavy atom. The Hall–Kier alpha value is -1.99. The van der Waals surface area contributed by atoms with Crippen molar-refractivity contribution >= 4 is 64.0 Å². The molecule has 2 aromatic carbocycles. The molecular weight excluding hydrogens is 429 g/mol. The largest absolute Gasteiger partial charge is 0.441 e. The van der Waals surface area contributed by atoms with Gasteiger partial charge >= 0.3 is 6.03 Å². The van der Waals surface area contributed by atoms with Crippen LogP contribution >= 0.6 is 46.4 Å². The maximum absolute atomic E-state index is 13.5. The quantitative estimate of drug-likeness (QED) is 0.598. The number of imide groups is 1. The lowest BCUT2D eigenvalue weighted by atomic mass is 10.2. The molecule has 0 unspecified atom stereocenters. The maximum atomic E-state index is 13.5. The number of carbonyl (C=O) groups is 2. The Morgan fingerprint density at radius 2 is 1.73 bits per heavy atom. The molecule has 2 rings (SSSR count). The molecule has 0 saturated heterocycles. The number of rotatable bonds is 4. The van der Waals surface area contributed by atoms with Gasteiger partial charge in [0.05, 0.1) is 21.1 Å². The topological polar surface area (TPSA) is 67.4 Å². The highest BCUT2D eigenvalue weighted by Crippen LogP contribution is 2.37. The number of amides is 3. The van der Waals surface area contributed by atoms with Crippen LogP contribution in [0.3, 0.4) is 0 Å². The summed E-state index contributed by atoms with van der Waals surface area (Å²) in [6, 6.07) is 6.96. The van der Waals surface area contributed by atoms with Gasteiger partial charge in [-0.05, 0) is 35.9 Å². The van der Waals surface area contributed by atoms with Crippen LogP contribution in [0.1, 0.15) is 10.4 Å². The highest BCUT2D eigenvalue weighted by atomic mass is 35.5. The van der Waals surface area contributed by atoms with Gasteiger partial charge in [-0.3, -0.25) is 10.1 Å². The van der Waals surface area contributed by atoms with Crippen LogP contribution in [0.15, 0.2) is 47.2 Å². The molecule has 2 N–H and O–H groups in total.